The number of halogens is 3. The Kier molecular flexibility index (Phi) is 5.87. The number of nitrogens with zero attached hydrogens (tertiary/aromatic N) is 3. The van der Waals surface area contributed by atoms with E-state index in [-0.39, 0.29) is 25.4 Å². The van der Waals surface area contributed by atoms with E-state index in [1.54, 1.807) is 30.3 Å². The zero-order valence-electron chi connectivity index (χ0n) is 15.4. The third-order valence-corrected chi connectivity index (χ3v) is 4.68. The first kappa shape index (κ1) is 20.4. The van der Waals surface area contributed by atoms with Gasteiger partial charge in [0, 0.05) is 25.2 Å². The van der Waals surface area contributed by atoms with Crippen LogP contribution >= 0.6 is 0 Å². The highest BCUT2D eigenvalue weighted by Crippen LogP contribution is 2.28. The fourth-order valence-electron chi connectivity index (χ4n) is 3.32. The fourth-order valence-corrected chi connectivity index (χ4v) is 3.32. The lowest BCUT2D eigenvalue weighted by Gasteiger charge is -2.27. The molecule has 5 nitrogen and oxygen atoms in total. The van der Waals surface area contributed by atoms with Gasteiger partial charge in [0.15, 0.2) is 0 Å². The van der Waals surface area contributed by atoms with E-state index in [9.17, 15) is 22.8 Å². The Morgan fingerprint density at radius 3 is 2.38 bits per heavy atom. The molecule has 1 aliphatic heterocycles. The summed E-state index contributed by atoms with van der Waals surface area (Å²) in [7, 11) is 0. The van der Waals surface area contributed by atoms with Crippen LogP contribution in [-0.2, 0) is 16.1 Å². The van der Waals surface area contributed by atoms with Crippen LogP contribution in [0.1, 0.15) is 17.5 Å². The summed E-state index contributed by atoms with van der Waals surface area (Å²) in [5.41, 5.74) is 1.47. The van der Waals surface area contributed by atoms with E-state index in [1.807, 2.05) is 6.07 Å². The molecule has 150 valence electrons. The molecule has 0 saturated carbocycles. The van der Waals surface area contributed by atoms with Crippen molar-refractivity contribution in [1.82, 2.24) is 4.90 Å². The largest absolute Gasteiger partial charge is 0.406 e. The van der Waals surface area contributed by atoms with Crippen molar-refractivity contribution in [3.05, 3.63) is 65.7 Å². The molecule has 29 heavy (non-hydrogen) atoms. The molecule has 1 saturated heterocycles. The number of nitriles is 1. The van der Waals surface area contributed by atoms with Gasteiger partial charge in [-0.05, 0) is 29.8 Å². The van der Waals surface area contributed by atoms with Gasteiger partial charge in [0.25, 0.3) is 0 Å². The number of hydrogen-bond donors (Lipinski definition) is 0. The molecule has 0 bridgehead atoms. The third kappa shape index (κ3) is 5.13. The van der Waals surface area contributed by atoms with Gasteiger partial charge in [0.05, 0.1) is 17.6 Å². The van der Waals surface area contributed by atoms with Gasteiger partial charge < -0.3 is 9.80 Å². The summed E-state index contributed by atoms with van der Waals surface area (Å²) in [5.74, 6) is -1.85. The van der Waals surface area contributed by atoms with E-state index in [2.05, 4.69) is 0 Å². The lowest BCUT2D eigenvalue weighted by atomic mass is 10.1. The first-order valence-electron chi connectivity index (χ1n) is 8.97. The van der Waals surface area contributed by atoms with Crippen LogP contribution in [0.3, 0.4) is 0 Å². The second-order valence-corrected chi connectivity index (χ2v) is 6.86. The second-order valence-electron chi connectivity index (χ2n) is 6.86. The maximum Gasteiger partial charge on any atom is 0.406 e. The number of para-hydroxylation sites is 1. The molecule has 8 heteroatoms. The van der Waals surface area contributed by atoms with E-state index >= 15 is 0 Å². The maximum absolute atomic E-state index is 13.1. The van der Waals surface area contributed by atoms with Crippen LogP contribution in [0.4, 0.5) is 18.9 Å². The molecule has 0 spiro atoms. The summed E-state index contributed by atoms with van der Waals surface area (Å²) < 4.78 is 39.2. The van der Waals surface area contributed by atoms with Gasteiger partial charge in [-0.2, -0.15) is 18.4 Å². The van der Waals surface area contributed by atoms with Crippen molar-refractivity contribution >= 4 is 17.5 Å². The molecule has 2 aromatic rings. The molecule has 3 rings (SSSR count). The third-order valence-electron chi connectivity index (χ3n) is 4.68. The quantitative estimate of drug-likeness (QED) is 0.770. The fraction of sp³-hybridized carbons (Fsp3) is 0.286. The lowest BCUT2D eigenvalue weighted by Crippen LogP contribution is -2.42. The van der Waals surface area contributed by atoms with Gasteiger partial charge in [-0.15, -0.1) is 0 Å². The minimum atomic E-state index is -4.57. The van der Waals surface area contributed by atoms with Gasteiger partial charge >= 0.3 is 6.18 Å². The number of hydrogen-bond acceptors (Lipinski definition) is 3. The summed E-state index contributed by atoms with van der Waals surface area (Å²) in [5, 5.41) is 8.84. The van der Waals surface area contributed by atoms with Crippen molar-refractivity contribution in [3.8, 4) is 6.07 Å². The number of alkyl halides is 3. The molecule has 1 unspecified atom stereocenters. The Labute approximate surface area is 165 Å². The Morgan fingerprint density at radius 1 is 1.14 bits per heavy atom. The zero-order valence-corrected chi connectivity index (χ0v) is 15.4. The molecule has 2 amide bonds. The van der Waals surface area contributed by atoms with E-state index in [0.717, 1.165) is 4.90 Å². The number of anilines is 1. The van der Waals surface area contributed by atoms with E-state index in [0.29, 0.717) is 16.8 Å². The van der Waals surface area contributed by atoms with Crippen LogP contribution < -0.4 is 4.90 Å². The van der Waals surface area contributed by atoms with Crippen molar-refractivity contribution in [2.75, 3.05) is 18.0 Å². The smallest absolute Gasteiger partial charge is 0.329 e. The number of carbonyl (C=O) groups is 2. The van der Waals surface area contributed by atoms with Gasteiger partial charge in [-0.1, -0.05) is 30.3 Å². The lowest BCUT2D eigenvalue weighted by molar-refractivity contribution is -0.164. The number of rotatable bonds is 5. The maximum atomic E-state index is 13.1. The molecule has 1 aliphatic rings. The molecule has 0 aromatic heterocycles. The van der Waals surface area contributed by atoms with Crippen molar-refractivity contribution in [1.29, 1.82) is 5.26 Å². The van der Waals surface area contributed by atoms with Gasteiger partial charge in [0.2, 0.25) is 11.8 Å². The molecule has 0 N–H and O–H groups in total. The van der Waals surface area contributed by atoms with Crippen molar-refractivity contribution in [2.24, 2.45) is 5.92 Å². The minimum Gasteiger partial charge on any atom is -0.329 e. The first-order valence-corrected chi connectivity index (χ1v) is 8.97. The SMILES string of the molecule is N#Cc1ccc(CN(CC(F)(F)F)C(=O)C2CC(=O)N(c3ccccc3)C2)cc1. The Balaban J connectivity index is 1.77. The summed E-state index contributed by atoms with van der Waals surface area (Å²) in [6.45, 7) is -1.61. The Morgan fingerprint density at radius 2 is 1.79 bits per heavy atom. The summed E-state index contributed by atoms with van der Waals surface area (Å²) in [6.07, 6.45) is -4.69. The van der Waals surface area contributed by atoms with Gasteiger partial charge in [0.1, 0.15) is 6.54 Å². The Bertz CT molecular complexity index is 921. The molecular formula is C21H18F3N3O2. The van der Waals surface area contributed by atoms with Crippen LogP contribution in [0.5, 0.6) is 0 Å². The molecule has 1 fully saturated rings. The van der Waals surface area contributed by atoms with Crippen molar-refractivity contribution < 1.29 is 22.8 Å². The highest BCUT2D eigenvalue weighted by atomic mass is 19.4. The summed E-state index contributed by atoms with van der Waals surface area (Å²) in [4.78, 5) is 27.4. The van der Waals surface area contributed by atoms with E-state index in [4.69, 9.17) is 5.26 Å². The monoisotopic (exact) mass is 401 g/mol. The average Bonchev–Trinajstić information content (AvgIpc) is 3.09. The van der Waals surface area contributed by atoms with Crippen molar-refractivity contribution in [2.45, 2.75) is 19.1 Å². The molecular weight excluding hydrogens is 383 g/mol. The first-order chi connectivity index (χ1) is 13.8. The number of amides is 2. The normalized spacial score (nSPS) is 16.6. The summed E-state index contributed by atoms with van der Waals surface area (Å²) in [6, 6.07) is 16.7. The predicted octanol–water partition coefficient (Wildman–Crippen LogP) is 3.50. The zero-order chi connectivity index (χ0) is 21.0. The van der Waals surface area contributed by atoms with Crippen LogP contribution in [0.15, 0.2) is 54.6 Å². The Hall–Kier alpha value is -3.34. The van der Waals surface area contributed by atoms with Crippen LogP contribution in [0.2, 0.25) is 0 Å². The van der Waals surface area contributed by atoms with Gasteiger partial charge in [-0.25, -0.2) is 0 Å². The van der Waals surface area contributed by atoms with Crippen LogP contribution in [0.25, 0.3) is 0 Å². The average molecular weight is 401 g/mol. The molecule has 0 radical (unpaired) electrons. The number of carbonyl (C=O) groups excluding carboxylic acids is 2. The highest BCUT2D eigenvalue weighted by Gasteiger charge is 2.40. The molecule has 0 aliphatic carbocycles. The van der Waals surface area contributed by atoms with Crippen molar-refractivity contribution in [3.63, 3.8) is 0 Å². The molecule has 1 atom stereocenters. The molecule has 2 aromatic carbocycles. The standard InChI is InChI=1S/C21H18F3N3O2/c22-21(23,24)14-26(12-16-8-6-15(11-25)7-9-16)20(29)17-10-19(28)27(13-17)18-4-2-1-3-5-18/h1-9,17H,10,12-14H2. The highest BCUT2D eigenvalue weighted by molar-refractivity contribution is 6.00. The van der Waals surface area contributed by atoms with Crippen LogP contribution in [0, 0.1) is 17.2 Å². The molecule has 1 heterocycles. The van der Waals surface area contributed by atoms with E-state index in [1.165, 1.54) is 29.2 Å². The summed E-state index contributed by atoms with van der Waals surface area (Å²) >= 11 is 0. The predicted molar refractivity (Wildman–Crippen MR) is 99.5 cm³/mol. The van der Waals surface area contributed by atoms with Gasteiger partial charge in [-0.3, -0.25) is 9.59 Å². The minimum absolute atomic E-state index is 0.0450. The number of benzene rings is 2. The topological polar surface area (TPSA) is 64.4 Å². The second kappa shape index (κ2) is 8.35. The van der Waals surface area contributed by atoms with Crippen LogP contribution in [-0.4, -0.2) is 36.0 Å². The van der Waals surface area contributed by atoms with E-state index < -0.39 is 24.5 Å².